The van der Waals surface area contributed by atoms with Crippen molar-refractivity contribution in [1.29, 1.82) is 0 Å². The van der Waals surface area contributed by atoms with Crippen molar-refractivity contribution in [2.75, 3.05) is 13.1 Å². The number of nitrogens with one attached hydrogen (secondary N) is 2. The van der Waals surface area contributed by atoms with E-state index in [0.717, 1.165) is 36.8 Å². The molecule has 2 heterocycles. The topological polar surface area (TPSA) is 128 Å². The van der Waals surface area contributed by atoms with Crippen molar-refractivity contribution in [1.82, 2.24) is 14.9 Å². The number of nitrogens with zero attached hydrogens (tertiary/aromatic N) is 1. The van der Waals surface area contributed by atoms with Gasteiger partial charge in [-0.2, -0.15) is 0 Å². The summed E-state index contributed by atoms with van der Waals surface area (Å²) in [5, 5.41) is 25.7. The minimum atomic E-state index is -0.966. The SMILES string of the molecule is CCc1cc2c(cc1CC)CC(N(C[C@@H](O)c1ccc(OCc3ccccc3)c3[nH]c(=O)ccc13)C[C@H](O)c1ccc(OCc3ccccc3)c3[nH]c(=O)ccc13)C2. The summed E-state index contributed by atoms with van der Waals surface area (Å²) in [5.74, 6) is 1.04. The van der Waals surface area contributed by atoms with E-state index in [1.165, 1.54) is 34.4 Å². The quantitative estimate of drug-likeness (QED) is 0.0835. The van der Waals surface area contributed by atoms with Gasteiger partial charge in [-0.3, -0.25) is 14.5 Å². The fourth-order valence-electron chi connectivity index (χ4n) is 8.47. The van der Waals surface area contributed by atoms with Crippen LogP contribution in [0.1, 0.15) is 70.6 Å². The van der Waals surface area contributed by atoms with E-state index in [1.807, 2.05) is 72.8 Å². The molecule has 1 aliphatic rings. The summed E-state index contributed by atoms with van der Waals surface area (Å²) < 4.78 is 12.4. The first-order valence-electron chi connectivity index (χ1n) is 20.2. The fraction of sp³-hybridized carbons (Fsp3) is 0.265. The smallest absolute Gasteiger partial charge is 0.248 e. The van der Waals surface area contributed by atoms with Gasteiger partial charge in [0.25, 0.3) is 0 Å². The maximum Gasteiger partial charge on any atom is 0.248 e. The molecule has 8 rings (SSSR count). The summed E-state index contributed by atoms with van der Waals surface area (Å²) in [6.45, 7) is 5.48. The Labute approximate surface area is 337 Å². The molecule has 9 heteroatoms. The van der Waals surface area contributed by atoms with E-state index in [9.17, 15) is 19.8 Å². The summed E-state index contributed by atoms with van der Waals surface area (Å²) in [6, 6.07) is 38.1. The number of aliphatic hydroxyl groups excluding tert-OH is 2. The molecule has 2 atom stereocenters. The van der Waals surface area contributed by atoms with E-state index in [-0.39, 0.29) is 30.2 Å². The van der Waals surface area contributed by atoms with Gasteiger partial charge in [-0.05, 0) is 94.5 Å². The Balaban J connectivity index is 1.11. The maximum absolute atomic E-state index is 12.6. The third-order valence-electron chi connectivity index (χ3n) is 11.5. The first kappa shape index (κ1) is 38.9. The zero-order valence-electron chi connectivity index (χ0n) is 32.9. The van der Waals surface area contributed by atoms with Crippen LogP contribution < -0.4 is 20.6 Å². The highest BCUT2D eigenvalue weighted by Gasteiger charge is 2.32. The number of ether oxygens (including phenoxy) is 2. The minimum Gasteiger partial charge on any atom is -0.487 e. The van der Waals surface area contributed by atoms with Crippen LogP contribution in [0.2, 0.25) is 0 Å². The van der Waals surface area contributed by atoms with E-state index < -0.39 is 12.2 Å². The second-order valence-electron chi connectivity index (χ2n) is 15.2. The standard InChI is InChI=1S/C49H49N3O6/c1-3-33-23-35-25-37(26-36(35)24-34(33)4-2)52(27-42(53)38-15-19-44(48-40(38)17-21-46(55)50-48)57-29-31-11-7-5-8-12-31)28-43(54)39-16-20-45(49-41(39)18-22-47(56)51-49)58-30-32-13-9-6-10-14-32/h5-24,37,42-43,53-54H,3-4,25-30H2,1-2H3,(H,50,55)(H,51,56)/t42-,43+. The van der Waals surface area contributed by atoms with Gasteiger partial charge in [-0.25, -0.2) is 0 Å². The van der Waals surface area contributed by atoms with Gasteiger partial charge < -0.3 is 29.7 Å². The second kappa shape index (κ2) is 17.2. The van der Waals surface area contributed by atoms with Crippen LogP contribution in [0.15, 0.2) is 131 Å². The lowest BCUT2D eigenvalue weighted by Crippen LogP contribution is -2.41. The van der Waals surface area contributed by atoms with Crippen molar-refractivity contribution in [3.05, 3.63) is 187 Å². The zero-order chi connectivity index (χ0) is 40.2. The molecule has 5 aromatic carbocycles. The molecule has 0 bridgehead atoms. The van der Waals surface area contributed by atoms with Crippen LogP contribution in [-0.2, 0) is 38.9 Å². The molecule has 0 amide bonds. The highest BCUT2D eigenvalue weighted by molar-refractivity contribution is 5.88. The lowest BCUT2D eigenvalue weighted by Gasteiger charge is -2.33. The third kappa shape index (κ3) is 8.34. The molecule has 4 N–H and O–H groups in total. The lowest BCUT2D eigenvalue weighted by molar-refractivity contribution is 0.0470. The second-order valence-corrected chi connectivity index (χ2v) is 15.2. The van der Waals surface area contributed by atoms with Gasteiger partial charge >= 0.3 is 0 Å². The normalized spacial score (nSPS) is 13.9. The average molecular weight is 776 g/mol. The van der Waals surface area contributed by atoms with Crippen LogP contribution in [0.4, 0.5) is 0 Å². The van der Waals surface area contributed by atoms with Gasteiger partial charge in [0.2, 0.25) is 11.1 Å². The Morgan fingerprint density at radius 2 is 1.03 bits per heavy atom. The molecule has 296 valence electrons. The molecule has 1 aliphatic carbocycles. The average Bonchev–Trinajstić information content (AvgIpc) is 3.67. The molecule has 0 radical (unpaired) electrons. The number of aryl methyl sites for hydroxylation is 2. The Morgan fingerprint density at radius 1 is 0.603 bits per heavy atom. The van der Waals surface area contributed by atoms with Crippen LogP contribution >= 0.6 is 0 Å². The molecule has 0 saturated heterocycles. The Hall–Kier alpha value is -6.00. The van der Waals surface area contributed by atoms with Gasteiger partial charge in [0.15, 0.2) is 0 Å². The molecule has 0 fully saturated rings. The summed E-state index contributed by atoms with van der Waals surface area (Å²) in [4.78, 5) is 33.3. The highest BCUT2D eigenvalue weighted by Crippen LogP contribution is 2.36. The van der Waals surface area contributed by atoms with Gasteiger partial charge in [0, 0.05) is 42.0 Å². The Morgan fingerprint density at radius 3 is 1.45 bits per heavy atom. The molecular formula is C49H49N3O6. The molecule has 58 heavy (non-hydrogen) atoms. The van der Waals surface area contributed by atoms with Crippen LogP contribution in [0.3, 0.4) is 0 Å². The number of H-pyrrole nitrogens is 2. The molecule has 0 aliphatic heterocycles. The molecule has 0 unspecified atom stereocenters. The van der Waals surface area contributed by atoms with Gasteiger partial charge in [-0.15, -0.1) is 0 Å². The van der Waals surface area contributed by atoms with E-state index in [4.69, 9.17) is 9.47 Å². The summed E-state index contributed by atoms with van der Waals surface area (Å²) in [5.41, 5.74) is 9.14. The largest absolute Gasteiger partial charge is 0.487 e. The van der Waals surface area contributed by atoms with Gasteiger partial charge in [-0.1, -0.05) is 98.8 Å². The lowest BCUT2D eigenvalue weighted by atomic mass is 9.97. The number of hydrogen-bond acceptors (Lipinski definition) is 7. The summed E-state index contributed by atoms with van der Waals surface area (Å²) in [6.07, 6.45) is 1.56. The Bertz CT molecular complexity index is 2480. The highest BCUT2D eigenvalue weighted by atomic mass is 16.5. The van der Waals surface area contributed by atoms with Crippen LogP contribution in [0, 0.1) is 0 Å². The van der Waals surface area contributed by atoms with E-state index in [1.54, 1.807) is 24.3 Å². The van der Waals surface area contributed by atoms with Crippen molar-refractivity contribution < 1.29 is 19.7 Å². The monoisotopic (exact) mass is 775 g/mol. The van der Waals surface area contributed by atoms with Gasteiger partial charge in [0.1, 0.15) is 24.7 Å². The van der Waals surface area contributed by atoms with Crippen LogP contribution in [-0.4, -0.2) is 44.2 Å². The first-order chi connectivity index (χ1) is 28.3. The Kier molecular flexibility index (Phi) is 11.5. The first-order valence-corrected chi connectivity index (χ1v) is 20.2. The summed E-state index contributed by atoms with van der Waals surface area (Å²) >= 11 is 0. The van der Waals surface area contributed by atoms with Crippen molar-refractivity contribution in [3.63, 3.8) is 0 Å². The number of hydrogen-bond donors (Lipinski definition) is 4. The molecule has 7 aromatic rings. The van der Waals surface area contributed by atoms with Crippen molar-refractivity contribution in [2.24, 2.45) is 0 Å². The molecule has 0 saturated carbocycles. The van der Waals surface area contributed by atoms with E-state index in [2.05, 4.69) is 40.8 Å². The number of benzene rings is 5. The van der Waals surface area contributed by atoms with Crippen molar-refractivity contribution >= 4 is 21.8 Å². The van der Waals surface area contributed by atoms with Crippen molar-refractivity contribution in [2.45, 2.75) is 71.0 Å². The number of aromatic amines is 2. The minimum absolute atomic E-state index is 0.00946. The predicted octanol–water partition coefficient (Wildman–Crippen LogP) is 7.89. The number of pyridine rings is 2. The van der Waals surface area contributed by atoms with Gasteiger partial charge in [0.05, 0.1) is 23.2 Å². The van der Waals surface area contributed by atoms with E-state index in [0.29, 0.717) is 57.6 Å². The zero-order valence-corrected chi connectivity index (χ0v) is 32.9. The number of aliphatic hydroxyl groups is 2. The molecule has 0 spiro atoms. The number of fused-ring (bicyclic) bond motifs is 3. The van der Waals surface area contributed by atoms with E-state index >= 15 is 0 Å². The fourth-order valence-corrected chi connectivity index (χ4v) is 8.47. The van der Waals surface area contributed by atoms with Crippen LogP contribution in [0.25, 0.3) is 21.8 Å². The van der Waals surface area contributed by atoms with Crippen LogP contribution in [0.5, 0.6) is 11.5 Å². The summed E-state index contributed by atoms with van der Waals surface area (Å²) in [7, 11) is 0. The molecular weight excluding hydrogens is 727 g/mol. The number of aromatic nitrogens is 2. The predicted molar refractivity (Wildman–Crippen MR) is 229 cm³/mol. The van der Waals surface area contributed by atoms with Crippen molar-refractivity contribution in [3.8, 4) is 11.5 Å². The maximum atomic E-state index is 12.6. The molecule has 9 nitrogen and oxygen atoms in total. The third-order valence-corrected chi connectivity index (χ3v) is 11.5. The molecule has 2 aromatic heterocycles. The number of rotatable bonds is 15.